The van der Waals surface area contributed by atoms with Crippen LogP contribution in [0.1, 0.15) is 35.0 Å². The highest BCUT2D eigenvalue weighted by atomic mass is 16.7. The maximum Gasteiger partial charge on any atom is 0.242 e. The summed E-state index contributed by atoms with van der Waals surface area (Å²) in [6, 6.07) is 5.23. The van der Waals surface area contributed by atoms with E-state index in [0.717, 1.165) is 30.5 Å². The molecule has 25 heavy (non-hydrogen) atoms. The van der Waals surface area contributed by atoms with Crippen molar-refractivity contribution in [2.45, 2.75) is 31.8 Å². The van der Waals surface area contributed by atoms with Gasteiger partial charge in [0.05, 0.1) is 12.2 Å². The molecule has 2 heterocycles. The number of ether oxygens (including phenoxy) is 2. The van der Waals surface area contributed by atoms with Gasteiger partial charge in [0.25, 0.3) is 0 Å². The summed E-state index contributed by atoms with van der Waals surface area (Å²) in [6.07, 6.45) is 3.24. The van der Waals surface area contributed by atoms with Crippen molar-refractivity contribution in [3.63, 3.8) is 0 Å². The summed E-state index contributed by atoms with van der Waals surface area (Å²) >= 11 is 0. The van der Waals surface area contributed by atoms with Crippen LogP contribution in [0.3, 0.4) is 0 Å². The molecule has 2 aromatic rings. The van der Waals surface area contributed by atoms with Gasteiger partial charge in [-0.25, -0.2) is 0 Å². The first-order valence-corrected chi connectivity index (χ1v) is 8.52. The maximum absolute atomic E-state index is 12.8. The van der Waals surface area contributed by atoms with Crippen LogP contribution in [0.5, 0.6) is 11.5 Å². The smallest absolute Gasteiger partial charge is 0.242 e. The molecule has 1 aliphatic heterocycles. The number of hydrogen-bond acceptors (Lipinski definition) is 5. The number of aryl methyl sites for hydroxylation is 1. The monoisotopic (exact) mass is 342 g/mol. The van der Waals surface area contributed by atoms with Crippen molar-refractivity contribution in [3.8, 4) is 11.5 Å². The molecule has 1 aromatic heterocycles. The van der Waals surface area contributed by atoms with Gasteiger partial charge in [-0.1, -0.05) is 6.07 Å². The number of aromatic nitrogens is 2. The molecule has 1 atom stereocenters. The van der Waals surface area contributed by atoms with Crippen molar-refractivity contribution in [2.75, 3.05) is 20.9 Å². The molecule has 132 valence electrons. The first-order valence-electron chi connectivity index (χ1n) is 8.52. The molecule has 0 bridgehead atoms. The van der Waals surface area contributed by atoms with Crippen molar-refractivity contribution in [1.82, 2.24) is 20.4 Å². The number of amides is 1. The van der Waals surface area contributed by atoms with Crippen LogP contribution in [0, 0.1) is 0 Å². The Hall–Kier alpha value is -2.54. The molecule has 1 aliphatic carbocycles. The average molecular weight is 342 g/mol. The second-order valence-corrected chi connectivity index (χ2v) is 6.68. The molecule has 1 aromatic carbocycles. The number of aromatic amines is 1. The van der Waals surface area contributed by atoms with Crippen LogP contribution in [0.15, 0.2) is 18.2 Å². The van der Waals surface area contributed by atoms with Gasteiger partial charge in [-0.2, -0.15) is 5.10 Å². The van der Waals surface area contributed by atoms with Crippen LogP contribution >= 0.6 is 0 Å². The number of likely N-dealkylation sites (N-methyl/N-ethyl adjacent to an activating group) is 1. The van der Waals surface area contributed by atoms with E-state index in [9.17, 15) is 4.79 Å². The van der Waals surface area contributed by atoms with E-state index in [-0.39, 0.29) is 12.7 Å². The Morgan fingerprint density at radius 2 is 2.16 bits per heavy atom. The standard InChI is InChI=1S/C18H22N4O3/c1-22(2)17(11-6-7-15-16(8-11)25-10-24-15)18(23)19-9-14-12-4-3-5-13(12)20-21-14/h6-8,17H,3-5,9-10H2,1-2H3,(H,19,23)(H,20,21)/t17-/m0/s1. The van der Waals surface area contributed by atoms with Crippen molar-refractivity contribution in [1.29, 1.82) is 0 Å². The molecule has 2 aliphatic rings. The SMILES string of the molecule is CN(C)[C@H](C(=O)NCc1n[nH]c2c1CCC2)c1ccc2c(c1)OCO2. The Morgan fingerprint density at radius 3 is 3.00 bits per heavy atom. The number of benzene rings is 1. The summed E-state index contributed by atoms with van der Waals surface area (Å²) in [7, 11) is 3.78. The zero-order valence-corrected chi connectivity index (χ0v) is 14.5. The number of nitrogens with zero attached hydrogens (tertiary/aromatic N) is 2. The van der Waals surface area contributed by atoms with Crippen molar-refractivity contribution in [3.05, 3.63) is 40.7 Å². The predicted octanol–water partition coefficient (Wildman–Crippen LogP) is 1.55. The van der Waals surface area contributed by atoms with E-state index in [0.29, 0.717) is 18.0 Å². The quantitative estimate of drug-likeness (QED) is 0.862. The zero-order valence-electron chi connectivity index (χ0n) is 14.5. The first kappa shape index (κ1) is 16.0. The van der Waals surface area contributed by atoms with Crippen LogP contribution in [0.2, 0.25) is 0 Å². The Labute approximate surface area is 146 Å². The highest BCUT2D eigenvalue weighted by Gasteiger charge is 2.26. The first-order chi connectivity index (χ1) is 12.1. The largest absolute Gasteiger partial charge is 0.454 e. The van der Waals surface area contributed by atoms with Crippen LogP contribution in [-0.2, 0) is 24.2 Å². The van der Waals surface area contributed by atoms with E-state index in [4.69, 9.17) is 9.47 Å². The number of nitrogens with one attached hydrogen (secondary N) is 2. The predicted molar refractivity (Wildman–Crippen MR) is 91.5 cm³/mol. The van der Waals surface area contributed by atoms with Gasteiger partial charge in [-0.15, -0.1) is 0 Å². The van der Waals surface area contributed by atoms with Crippen molar-refractivity contribution >= 4 is 5.91 Å². The fraction of sp³-hybridized carbons (Fsp3) is 0.444. The summed E-state index contributed by atoms with van der Waals surface area (Å²) in [4.78, 5) is 14.7. The Bertz CT molecular complexity index is 800. The Kier molecular flexibility index (Phi) is 4.09. The number of fused-ring (bicyclic) bond motifs is 2. The lowest BCUT2D eigenvalue weighted by Gasteiger charge is -2.24. The van der Waals surface area contributed by atoms with Crippen LogP contribution in [0.4, 0.5) is 0 Å². The van der Waals surface area contributed by atoms with E-state index in [1.54, 1.807) is 0 Å². The van der Waals surface area contributed by atoms with Crippen molar-refractivity contribution < 1.29 is 14.3 Å². The topological polar surface area (TPSA) is 79.5 Å². The number of H-pyrrole nitrogens is 1. The molecule has 0 unspecified atom stereocenters. The van der Waals surface area contributed by atoms with E-state index in [1.807, 2.05) is 37.2 Å². The molecule has 0 fully saturated rings. The lowest BCUT2D eigenvalue weighted by atomic mass is 10.0. The minimum Gasteiger partial charge on any atom is -0.454 e. The van der Waals surface area contributed by atoms with Gasteiger partial charge in [0.2, 0.25) is 12.7 Å². The summed E-state index contributed by atoms with van der Waals surface area (Å²) in [6.45, 7) is 0.668. The fourth-order valence-electron chi connectivity index (χ4n) is 3.57. The van der Waals surface area contributed by atoms with Gasteiger partial charge in [-0.05, 0) is 56.6 Å². The lowest BCUT2D eigenvalue weighted by molar-refractivity contribution is -0.126. The van der Waals surface area contributed by atoms with Gasteiger partial charge in [-0.3, -0.25) is 14.8 Å². The molecule has 0 saturated heterocycles. The third-order valence-corrected chi connectivity index (χ3v) is 4.80. The molecule has 0 radical (unpaired) electrons. The maximum atomic E-state index is 12.8. The van der Waals surface area contributed by atoms with Crippen LogP contribution in [-0.4, -0.2) is 41.9 Å². The van der Waals surface area contributed by atoms with Gasteiger partial charge < -0.3 is 14.8 Å². The van der Waals surface area contributed by atoms with Crippen molar-refractivity contribution in [2.24, 2.45) is 0 Å². The number of carbonyl (C=O) groups is 1. The molecular formula is C18H22N4O3. The summed E-state index contributed by atoms with van der Waals surface area (Å²) < 4.78 is 10.8. The number of rotatable bonds is 5. The molecule has 2 N–H and O–H groups in total. The van der Waals surface area contributed by atoms with Crippen LogP contribution < -0.4 is 14.8 Å². The summed E-state index contributed by atoms with van der Waals surface area (Å²) in [5.74, 6) is 1.34. The van der Waals surface area contributed by atoms with E-state index >= 15 is 0 Å². The highest BCUT2D eigenvalue weighted by molar-refractivity contribution is 5.83. The van der Waals surface area contributed by atoms with Gasteiger partial charge in [0.1, 0.15) is 6.04 Å². The fourth-order valence-corrected chi connectivity index (χ4v) is 3.57. The normalized spacial score (nSPS) is 16.1. The molecule has 7 nitrogen and oxygen atoms in total. The van der Waals surface area contributed by atoms with E-state index < -0.39 is 6.04 Å². The minimum atomic E-state index is -0.401. The zero-order chi connectivity index (χ0) is 17.4. The summed E-state index contributed by atoms with van der Waals surface area (Å²) in [5, 5.41) is 10.5. The lowest BCUT2D eigenvalue weighted by Crippen LogP contribution is -2.36. The van der Waals surface area contributed by atoms with E-state index in [2.05, 4.69) is 15.5 Å². The molecule has 0 spiro atoms. The van der Waals surface area contributed by atoms with E-state index in [1.165, 1.54) is 11.3 Å². The second kappa shape index (κ2) is 6.40. The number of carbonyl (C=O) groups excluding carboxylic acids is 1. The Morgan fingerprint density at radius 1 is 1.32 bits per heavy atom. The third kappa shape index (κ3) is 2.95. The molecule has 0 saturated carbocycles. The summed E-state index contributed by atoms with van der Waals surface area (Å²) in [5.41, 5.74) is 4.30. The molecular weight excluding hydrogens is 320 g/mol. The Balaban J connectivity index is 1.49. The van der Waals surface area contributed by atoms with Gasteiger partial charge in [0.15, 0.2) is 11.5 Å². The number of hydrogen-bond donors (Lipinski definition) is 2. The second-order valence-electron chi connectivity index (χ2n) is 6.68. The van der Waals surface area contributed by atoms with Gasteiger partial charge in [0, 0.05) is 5.69 Å². The highest BCUT2D eigenvalue weighted by Crippen LogP contribution is 2.35. The molecule has 4 rings (SSSR count). The minimum absolute atomic E-state index is 0.0568. The molecule has 1 amide bonds. The third-order valence-electron chi connectivity index (χ3n) is 4.80. The van der Waals surface area contributed by atoms with Gasteiger partial charge >= 0.3 is 0 Å². The average Bonchev–Trinajstić information content (AvgIpc) is 3.29. The van der Waals surface area contributed by atoms with Crippen LogP contribution in [0.25, 0.3) is 0 Å². The molecule has 7 heteroatoms.